The van der Waals surface area contributed by atoms with E-state index in [0.717, 1.165) is 0 Å². The highest BCUT2D eigenvalue weighted by Gasteiger charge is 2.17. The van der Waals surface area contributed by atoms with Gasteiger partial charge in [0.25, 0.3) is 0 Å². The van der Waals surface area contributed by atoms with Gasteiger partial charge in [-0.15, -0.1) is 0 Å². The summed E-state index contributed by atoms with van der Waals surface area (Å²) in [6.45, 7) is 1.97. The Bertz CT molecular complexity index is 518. The molecule has 0 saturated carbocycles. The summed E-state index contributed by atoms with van der Waals surface area (Å²) in [5.74, 6) is 0.864. The SMILES string of the molecule is CNC(=O)CN[C@@H](C)C(=O)Nc1ccc2c(c1)OCO2. The lowest BCUT2D eigenvalue weighted by Gasteiger charge is -2.13. The molecule has 2 amide bonds. The Kier molecular flexibility index (Phi) is 4.41. The fourth-order valence-corrected chi connectivity index (χ4v) is 1.65. The van der Waals surface area contributed by atoms with Gasteiger partial charge < -0.3 is 20.1 Å². The Morgan fingerprint density at radius 1 is 1.30 bits per heavy atom. The highest BCUT2D eigenvalue weighted by Crippen LogP contribution is 2.34. The second-order valence-corrected chi connectivity index (χ2v) is 4.33. The molecule has 1 aliphatic heterocycles. The van der Waals surface area contributed by atoms with Crippen LogP contribution in [0.5, 0.6) is 11.5 Å². The van der Waals surface area contributed by atoms with Crippen molar-refractivity contribution in [3.63, 3.8) is 0 Å². The Hall–Kier alpha value is -2.28. The molecular weight excluding hydrogens is 262 g/mol. The molecule has 0 spiro atoms. The predicted octanol–water partition coefficient (Wildman–Crippen LogP) is 0.0779. The van der Waals surface area contributed by atoms with E-state index in [9.17, 15) is 9.59 Å². The van der Waals surface area contributed by atoms with E-state index in [-0.39, 0.29) is 25.2 Å². The number of anilines is 1. The van der Waals surface area contributed by atoms with Gasteiger partial charge in [-0.05, 0) is 19.1 Å². The molecule has 0 aromatic heterocycles. The Morgan fingerprint density at radius 3 is 2.80 bits per heavy atom. The summed E-state index contributed by atoms with van der Waals surface area (Å²) >= 11 is 0. The van der Waals surface area contributed by atoms with Gasteiger partial charge in [0.05, 0.1) is 12.6 Å². The number of nitrogens with one attached hydrogen (secondary N) is 3. The van der Waals surface area contributed by atoms with Crippen LogP contribution in [0.15, 0.2) is 18.2 Å². The third-order valence-electron chi connectivity index (χ3n) is 2.88. The third kappa shape index (κ3) is 3.39. The molecule has 0 fully saturated rings. The lowest BCUT2D eigenvalue weighted by molar-refractivity contribution is -0.120. The highest BCUT2D eigenvalue weighted by atomic mass is 16.7. The minimum atomic E-state index is -0.488. The zero-order chi connectivity index (χ0) is 14.5. The maximum absolute atomic E-state index is 11.9. The van der Waals surface area contributed by atoms with Crippen LogP contribution in [0.2, 0.25) is 0 Å². The number of ether oxygens (including phenoxy) is 2. The minimum Gasteiger partial charge on any atom is -0.454 e. The van der Waals surface area contributed by atoms with Crippen LogP contribution in [0.1, 0.15) is 6.92 Å². The fourth-order valence-electron chi connectivity index (χ4n) is 1.65. The molecule has 1 aromatic rings. The van der Waals surface area contributed by atoms with E-state index in [2.05, 4.69) is 16.0 Å². The number of rotatable bonds is 5. The lowest BCUT2D eigenvalue weighted by Crippen LogP contribution is -2.42. The van der Waals surface area contributed by atoms with E-state index < -0.39 is 6.04 Å². The summed E-state index contributed by atoms with van der Waals surface area (Å²) in [4.78, 5) is 23.0. The number of fused-ring (bicyclic) bond motifs is 1. The largest absolute Gasteiger partial charge is 0.454 e. The maximum Gasteiger partial charge on any atom is 0.241 e. The smallest absolute Gasteiger partial charge is 0.241 e. The molecule has 7 nitrogen and oxygen atoms in total. The summed E-state index contributed by atoms with van der Waals surface area (Å²) < 4.78 is 10.4. The van der Waals surface area contributed by atoms with Crippen LogP contribution in [-0.2, 0) is 9.59 Å². The quantitative estimate of drug-likeness (QED) is 0.710. The van der Waals surface area contributed by atoms with Crippen molar-refractivity contribution in [2.75, 3.05) is 25.7 Å². The molecule has 1 atom stereocenters. The second-order valence-electron chi connectivity index (χ2n) is 4.33. The zero-order valence-electron chi connectivity index (χ0n) is 11.4. The average Bonchev–Trinajstić information content (AvgIpc) is 2.91. The molecule has 0 aliphatic carbocycles. The number of hydrogen-bond acceptors (Lipinski definition) is 5. The van der Waals surface area contributed by atoms with E-state index in [1.807, 2.05) is 0 Å². The van der Waals surface area contributed by atoms with Gasteiger partial charge in [-0.1, -0.05) is 0 Å². The van der Waals surface area contributed by atoms with Crippen molar-refractivity contribution in [1.29, 1.82) is 0 Å². The maximum atomic E-state index is 11.9. The lowest BCUT2D eigenvalue weighted by atomic mass is 10.2. The number of carbonyl (C=O) groups excluding carboxylic acids is 2. The van der Waals surface area contributed by atoms with Gasteiger partial charge in [-0.3, -0.25) is 14.9 Å². The molecule has 1 aromatic carbocycles. The first-order chi connectivity index (χ1) is 9.60. The van der Waals surface area contributed by atoms with Crippen molar-refractivity contribution < 1.29 is 19.1 Å². The number of amides is 2. The molecule has 108 valence electrons. The second kappa shape index (κ2) is 6.25. The van der Waals surface area contributed by atoms with Gasteiger partial charge in [0, 0.05) is 18.8 Å². The monoisotopic (exact) mass is 279 g/mol. The Morgan fingerprint density at radius 2 is 2.05 bits per heavy atom. The Labute approximate surface area is 116 Å². The van der Waals surface area contributed by atoms with Crippen molar-refractivity contribution in [3.05, 3.63) is 18.2 Å². The average molecular weight is 279 g/mol. The summed E-state index contributed by atoms with van der Waals surface area (Å²) in [7, 11) is 1.54. The summed E-state index contributed by atoms with van der Waals surface area (Å²) in [5.41, 5.74) is 0.618. The van der Waals surface area contributed by atoms with Crippen LogP contribution in [0, 0.1) is 0 Å². The topological polar surface area (TPSA) is 88.7 Å². The summed E-state index contributed by atoms with van der Waals surface area (Å²) in [5, 5.41) is 8.04. The number of likely N-dealkylation sites (N-methyl/N-ethyl adjacent to an activating group) is 1. The number of carbonyl (C=O) groups is 2. The van der Waals surface area contributed by atoms with Gasteiger partial charge in [0.1, 0.15) is 0 Å². The van der Waals surface area contributed by atoms with Gasteiger partial charge in [-0.2, -0.15) is 0 Å². The van der Waals surface area contributed by atoms with Gasteiger partial charge in [0.2, 0.25) is 18.6 Å². The van der Waals surface area contributed by atoms with Crippen LogP contribution < -0.4 is 25.4 Å². The van der Waals surface area contributed by atoms with Crippen molar-refractivity contribution in [3.8, 4) is 11.5 Å². The van der Waals surface area contributed by atoms with E-state index in [4.69, 9.17) is 9.47 Å². The van der Waals surface area contributed by atoms with Crippen LogP contribution >= 0.6 is 0 Å². The van der Waals surface area contributed by atoms with E-state index in [0.29, 0.717) is 17.2 Å². The summed E-state index contributed by atoms with van der Waals surface area (Å²) in [6, 6.07) is 4.68. The molecule has 1 heterocycles. The molecule has 2 rings (SSSR count). The first-order valence-electron chi connectivity index (χ1n) is 6.24. The van der Waals surface area contributed by atoms with E-state index in [1.54, 1.807) is 32.2 Å². The molecule has 0 unspecified atom stereocenters. The predicted molar refractivity (Wildman–Crippen MR) is 72.7 cm³/mol. The molecule has 0 saturated heterocycles. The van der Waals surface area contributed by atoms with Crippen LogP contribution in [0.25, 0.3) is 0 Å². The normalized spacial score (nSPS) is 13.7. The van der Waals surface area contributed by atoms with Gasteiger partial charge in [-0.25, -0.2) is 0 Å². The molecule has 20 heavy (non-hydrogen) atoms. The Balaban J connectivity index is 1.89. The van der Waals surface area contributed by atoms with Crippen molar-refractivity contribution in [2.45, 2.75) is 13.0 Å². The number of benzene rings is 1. The van der Waals surface area contributed by atoms with Crippen molar-refractivity contribution in [2.24, 2.45) is 0 Å². The molecule has 0 radical (unpaired) electrons. The van der Waals surface area contributed by atoms with Gasteiger partial charge >= 0.3 is 0 Å². The van der Waals surface area contributed by atoms with Crippen LogP contribution in [0.4, 0.5) is 5.69 Å². The van der Waals surface area contributed by atoms with E-state index >= 15 is 0 Å². The van der Waals surface area contributed by atoms with E-state index in [1.165, 1.54) is 0 Å². The van der Waals surface area contributed by atoms with Crippen LogP contribution in [0.3, 0.4) is 0 Å². The fraction of sp³-hybridized carbons (Fsp3) is 0.385. The first-order valence-corrected chi connectivity index (χ1v) is 6.24. The van der Waals surface area contributed by atoms with Crippen molar-refractivity contribution in [1.82, 2.24) is 10.6 Å². The molecule has 3 N–H and O–H groups in total. The standard InChI is InChI=1S/C13H17N3O4/c1-8(15-6-12(17)14-2)13(18)16-9-3-4-10-11(5-9)20-7-19-10/h3-5,8,15H,6-7H2,1-2H3,(H,14,17)(H,16,18)/t8-/m0/s1. The van der Waals surface area contributed by atoms with Crippen LogP contribution in [-0.4, -0.2) is 38.2 Å². The molecule has 1 aliphatic rings. The molecule has 7 heteroatoms. The highest BCUT2D eigenvalue weighted by molar-refractivity contribution is 5.95. The molecule has 0 bridgehead atoms. The number of hydrogen-bond donors (Lipinski definition) is 3. The zero-order valence-corrected chi connectivity index (χ0v) is 11.4. The first kappa shape index (κ1) is 14.1. The van der Waals surface area contributed by atoms with Gasteiger partial charge in [0.15, 0.2) is 11.5 Å². The minimum absolute atomic E-state index is 0.0895. The van der Waals surface area contributed by atoms with Crippen molar-refractivity contribution >= 4 is 17.5 Å². The third-order valence-corrected chi connectivity index (χ3v) is 2.88. The molecular formula is C13H17N3O4. The summed E-state index contributed by atoms with van der Waals surface area (Å²) in [6.07, 6.45) is 0.